The van der Waals surface area contributed by atoms with E-state index < -0.39 is 0 Å². The summed E-state index contributed by atoms with van der Waals surface area (Å²) in [5, 5.41) is 4.07. The molecule has 132 valence electrons. The Labute approximate surface area is 152 Å². The number of carbonyl (C=O) groups excluding carboxylic acids is 1. The monoisotopic (exact) mass is 347 g/mol. The molecule has 3 aromatic rings. The molecule has 0 radical (unpaired) electrons. The number of aryl methyl sites for hydroxylation is 1. The molecule has 0 N–H and O–H groups in total. The molecule has 1 aromatic carbocycles. The van der Waals surface area contributed by atoms with Crippen molar-refractivity contribution in [3.05, 3.63) is 67.0 Å². The fourth-order valence-corrected chi connectivity index (χ4v) is 3.09. The lowest BCUT2D eigenvalue weighted by Gasteiger charge is -2.23. The van der Waals surface area contributed by atoms with Crippen LogP contribution in [-0.4, -0.2) is 36.6 Å². The van der Waals surface area contributed by atoms with Crippen LogP contribution in [0, 0.1) is 0 Å². The number of hydrogen-bond acceptors (Lipinski definition) is 4. The SMILES string of the molecule is O=C(CCn1cncn1)N(Cc1cccc(-c2cccnc2)c1)C1CC1. The maximum atomic E-state index is 12.7. The Morgan fingerprint density at radius 1 is 1.15 bits per heavy atom. The molecule has 0 bridgehead atoms. The van der Waals surface area contributed by atoms with Gasteiger partial charge in [-0.25, -0.2) is 4.98 Å². The summed E-state index contributed by atoms with van der Waals surface area (Å²) in [5.74, 6) is 0.176. The molecule has 1 amide bonds. The van der Waals surface area contributed by atoms with Crippen molar-refractivity contribution >= 4 is 5.91 Å². The first-order valence-corrected chi connectivity index (χ1v) is 8.91. The van der Waals surface area contributed by atoms with Gasteiger partial charge in [0.25, 0.3) is 0 Å². The van der Waals surface area contributed by atoms with Crippen LogP contribution >= 0.6 is 0 Å². The third-order valence-electron chi connectivity index (χ3n) is 4.60. The molecule has 2 aromatic heterocycles. The van der Waals surface area contributed by atoms with Gasteiger partial charge in [-0.1, -0.05) is 24.3 Å². The Morgan fingerprint density at radius 2 is 2.04 bits per heavy atom. The summed E-state index contributed by atoms with van der Waals surface area (Å²) in [4.78, 5) is 22.9. The van der Waals surface area contributed by atoms with Crippen molar-refractivity contribution in [3.63, 3.8) is 0 Å². The molecule has 0 atom stereocenters. The number of hydrogen-bond donors (Lipinski definition) is 0. The van der Waals surface area contributed by atoms with Crippen LogP contribution < -0.4 is 0 Å². The third kappa shape index (κ3) is 3.96. The van der Waals surface area contributed by atoms with Crippen molar-refractivity contribution in [2.75, 3.05) is 0 Å². The number of nitrogens with zero attached hydrogens (tertiary/aromatic N) is 5. The normalized spacial score (nSPS) is 13.5. The average Bonchev–Trinajstić information content (AvgIpc) is 3.40. The Bertz CT molecular complexity index is 859. The maximum Gasteiger partial charge on any atom is 0.224 e. The molecule has 2 heterocycles. The molecular formula is C20H21N5O. The quantitative estimate of drug-likeness (QED) is 0.659. The molecular weight excluding hydrogens is 326 g/mol. The molecule has 26 heavy (non-hydrogen) atoms. The molecule has 1 aliphatic rings. The summed E-state index contributed by atoms with van der Waals surface area (Å²) < 4.78 is 1.70. The van der Waals surface area contributed by atoms with Gasteiger partial charge in [-0.2, -0.15) is 5.10 Å². The van der Waals surface area contributed by atoms with Crippen LogP contribution in [0.2, 0.25) is 0 Å². The maximum absolute atomic E-state index is 12.7. The van der Waals surface area contributed by atoms with Gasteiger partial charge in [0, 0.05) is 31.4 Å². The highest BCUT2D eigenvalue weighted by Gasteiger charge is 2.32. The molecule has 1 saturated carbocycles. The van der Waals surface area contributed by atoms with Crippen molar-refractivity contribution in [3.8, 4) is 11.1 Å². The molecule has 1 aliphatic carbocycles. The van der Waals surface area contributed by atoms with Crippen molar-refractivity contribution in [1.29, 1.82) is 0 Å². The summed E-state index contributed by atoms with van der Waals surface area (Å²) in [5.41, 5.74) is 3.36. The zero-order valence-corrected chi connectivity index (χ0v) is 14.5. The van der Waals surface area contributed by atoms with E-state index in [0.29, 0.717) is 25.6 Å². The molecule has 6 nitrogen and oxygen atoms in total. The molecule has 0 spiro atoms. The van der Waals surface area contributed by atoms with E-state index in [2.05, 4.69) is 33.3 Å². The summed E-state index contributed by atoms with van der Waals surface area (Å²) in [6, 6.07) is 12.7. The van der Waals surface area contributed by atoms with Gasteiger partial charge < -0.3 is 4.90 Å². The minimum Gasteiger partial charge on any atom is -0.335 e. The van der Waals surface area contributed by atoms with Gasteiger partial charge >= 0.3 is 0 Å². The zero-order chi connectivity index (χ0) is 17.8. The summed E-state index contributed by atoms with van der Waals surface area (Å²) in [6.45, 7) is 1.22. The lowest BCUT2D eigenvalue weighted by atomic mass is 10.0. The smallest absolute Gasteiger partial charge is 0.224 e. The number of aromatic nitrogens is 4. The van der Waals surface area contributed by atoms with E-state index in [-0.39, 0.29) is 5.91 Å². The summed E-state index contributed by atoms with van der Waals surface area (Å²) in [6.07, 6.45) is 9.41. The lowest BCUT2D eigenvalue weighted by molar-refractivity contribution is -0.132. The molecule has 0 saturated heterocycles. The predicted octanol–water partition coefficient (Wildman–Crippen LogP) is 2.92. The fraction of sp³-hybridized carbons (Fsp3) is 0.300. The van der Waals surface area contributed by atoms with Gasteiger partial charge in [-0.15, -0.1) is 0 Å². The number of rotatable bonds is 7. The Morgan fingerprint density at radius 3 is 2.77 bits per heavy atom. The second-order valence-corrected chi connectivity index (χ2v) is 6.60. The van der Waals surface area contributed by atoms with Crippen LogP contribution in [0.4, 0.5) is 0 Å². The van der Waals surface area contributed by atoms with Crippen LogP contribution in [0.1, 0.15) is 24.8 Å². The number of benzene rings is 1. The highest BCUT2D eigenvalue weighted by Crippen LogP contribution is 2.30. The van der Waals surface area contributed by atoms with Crippen LogP contribution in [0.15, 0.2) is 61.4 Å². The molecule has 1 fully saturated rings. The minimum atomic E-state index is 0.176. The van der Waals surface area contributed by atoms with Crippen molar-refractivity contribution in [2.24, 2.45) is 0 Å². The highest BCUT2D eigenvalue weighted by molar-refractivity contribution is 5.77. The average molecular weight is 347 g/mol. The Hall–Kier alpha value is -3.02. The third-order valence-corrected chi connectivity index (χ3v) is 4.60. The number of pyridine rings is 1. The topological polar surface area (TPSA) is 63.9 Å². The largest absolute Gasteiger partial charge is 0.335 e. The second-order valence-electron chi connectivity index (χ2n) is 6.60. The first kappa shape index (κ1) is 16.4. The van der Waals surface area contributed by atoms with E-state index in [1.165, 1.54) is 6.33 Å². The van der Waals surface area contributed by atoms with E-state index in [9.17, 15) is 4.79 Å². The van der Waals surface area contributed by atoms with E-state index in [0.717, 1.165) is 29.5 Å². The fourth-order valence-electron chi connectivity index (χ4n) is 3.09. The van der Waals surface area contributed by atoms with E-state index in [1.807, 2.05) is 29.3 Å². The Balaban J connectivity index is 1.46. The van der Waals surface area contributed by atoms with Gasteiger partial charge in [0.1, 0.15) is 12.7 Å². The summed E-state index contributed by atoms with van der Waals surface area (Å²) >= 11 is 0. The van der Waals surface area contributed by atoms with Crippen LogP contribution in [0.3, 0.4) is 0 Å². The molecule has 0 aliphatic heterocycles. The van der Waals surface area contributed by atoms with Gasteiger partial charge in [-0.05, 0) is 41.7 Å². The highest BCUT2D eigenvalue weighted by atomic mass is 16.2. The molecule has 4 rings (SSSR count). The van der Waals surface area contributed by atoms with E-state index in [4.69, 9.17) is 0 Å². The Kier molecular flexibility index (Phi) is 4.73. The first-order valence-electron chi connectivity index (χ1n) is 8.91. The van der Waals surface area contributed by atoms with Gasteiger partial charge in [-0.3, -0.25) is 14.5 Å². The zero-order valence-electron chi connectivity index (χ0n) is 14.5. The number of carbonyl (C=O) groups is 1. The second kappa shape index (κ2) is 7.47. The van der Waals surface area contributed by atoms with Crippen molar-refractivity contribution < 1.29 is 4.79 Å². The van der Waals surface area contributed by atoms with E-state index in [1.54, 1.807) is 17.2 Å². The van der Waals surface area contributed by atoms with Gasteiger partial charge in [0.2, 0.25) is 5.91 Å². The first-order chi connectivity index (χ1) is 12.8. The lowest BCUT2D eigenvalue weighted by Crippen LogP contribution is -2.33. The van der Waals surface area contributed by atoms with Crippen molar-refractivity contribution in [1.82, 2.24) is 24.6 Å². The van der Waals surface area contributed by atoms with Gasteiger partial charge in [0.05, 0.1) is 6.54 Å². The van der Waals surface area contributed by atoms with Crippen molar-refractivity contribution in [2.45, 2.75) is 38.4 Å². The minimum absolute atomic E-state index is 0.176. The molecule has 6 heteroatoms. The van der Waals surface area contributed by atoms with Crippen LogP contribution in [0.5, 0.6) is 0 Å². The van der Waals surface area contributed by atoms with Crippen LogP contribution in [0.25, 0.3) is 11.1 Å². The predicted molar refractivity (Wildman–Crippen MR) is 97.9 cm³/mol. The standard InChI is InChI=1S/C20H21N5O/c26-20(8-10-24-15-22-14-23-24)25(19-6-7-19)13-16-3-1-4-17(11-16)18-5-2-9-21-12-18/h1-5,9,11-12,14-15,19H,6-8,10,13H2. The molecule has 0 unspecified atom stereocenters. The van der Waals surface area contributed by atoms with E-state index >= 15 is 0 Å². The van der Waals surface area contributed by atoms with Crippen LogP contribution in [-0.2, 0) is 17.9 Å². The number of amides is 1. The van der Waals surface area contributed by atoms with Gasteiger partial charge in [0.15, 0.2) is 0 Å². The summed E-state index contributed by atoms with van der Waals surface area (Å²) in [7, 11) is 0.